The monoisotopic (exact) mass is 2080 g/mol. The second-order valence-corrected chi connectivity index (χ2v) is 30.6. The Morgan fingerprint density at radius 1 is 0.214 bits per heavy atom. The second-order valence-electron chi connectivity index (χ2n) is 30.6. The first kappa shape index (κ1) is 131. The molecular weight excluding hydrogens is 1910 g/mol. The van der Waals surface area contributed by atoms with Crippen LogP contribution in [0.4, 0.5) is 5.69 Å². The van der Waals surface area contributed by atoms with Crippen LogP contribution in [0.25, 0.3) is 0 Å². The Bertz CT molecular complexity index is 3260. The maximum Gasteiger partial charge on any atom is 0.253 e. The number of para-hydroxylation sites is 1. The van der Waals surface area contributed by atoms with Crippen LogP contribution in [0.5, 0.6) is 0 Å². The quantitative estimate of drug-likeness (QED) is 0.0542. The van der Waals surface area contributed by atoms with Crippen LogP contribution in [0.2, 0.25) is 0 Å². The van der Waals surface area contributed by atoms with Crippen molar-refractivity contribution in [1.82, 2.24) is 15.5 Å². The Hall–Kier alpha value is -6.15. The average molecular weight is 2080 g/mol. The summed E-state index contributed by atoms with van der Waals surface area (Å²) in [4.78, 5) is 63.4. The van der Waals surface area contributed by atoms with Crippen molar-refractivity contribution < 1.29 is 194 Å². The molecule has 2 aromatic rings. The molecule has 0 bridgehead atoms. The van der Waals surface area contributed by atoms with E-state index < -0.39 is 11.8 Å². The van der Waals surface area contributed by atoms with E-state index in [1.165, 1.54) is 12.2 Å². The molecule has 0 spiro atoms. The largest absolute Gasteiger partial charge is 0.379 e. The molecule has 0 fully saturated rings. The second kappa shape index (κ2) is 106. The van der Waals surface area contributed by atoms with Crippen LogP contribution in [0.1, 0.15) is 36.0 Å². The summed E-state index contributed by atoms with van der Waals surface area (Å²) in [6.45, 7) is 33.5. The summed E-state index contributed by atoms with van der Waals surface area (Å²) >= 11 is 0. The minimum Gasteiger partial charge on any atom is -0.379 e. The number of benzene rings is 2. The average Bonchev–Trinajstić information content (AvgIpc) is 1.26. The van der Waals surface area contributed by atoms with Crippen LogP contribution in [0, 0.1) is 11.8 Å². The number of carbonyl (C=O) groups is 5. The Labute approximate surface area is 856 Å². The highest BCUT2D eigenvalue weighted by Crippen LogP contribution is 2.26. The first-order valence-electron chi connectivity index (χ1n) is 50.8. The topological polar surface area (TPSA) is 448 Å². The number of hydrogen-bond acceptors (Lipinski definition) is 41. The number of hydrogen-bond donors (Lipinski definition) is 2. The Morgan fingerprint density at radius 2 is 0.400 bits per heavy atom. The van der Waals surface area contributed by atoms with Crippen molar-refractivity contribution in [3.8, 4) is 11.8 Å². The molecule has 0 atom stereocenters. The number of fused-ring (bicyclic) bond motifs is 2. The van der Waals surface area contributed by atoms with Gasteiger partial charge in [-0.3, -0.25) is 28.9 Å². The van der Waals surface area contributed by atoms with E-state index in [2.05, 4.69) is 22.5 Å². The van der Waals surface area contributed by atoms with Crippen molar-refractivity contribution in [2.45, 2.75) is 25.8 Å². The van der Waals surface area contributed by atoms with Gasteiger partial charge < -0.3 is 186 Å². The van der Waals surface area contributed by atoms with Crippen LogP contribution >= 0.6 is 0 Å². The zero-order valence-electron chi connectivity index (χ0n) is 85.8. The van der Waals surface area contributed by atoms with Gasteiger partial charge in [-0.25, -0.2) is 0 Å². The van der Waals surface area contributed by atoms with E-state index in [4.69, 9.17) is 171 Å². The van der Waals surface area contributed by atoms with Crippen molar-refractivity contribution in [3.63, 3.8) is 0 Å². The van der Waals surface area contributed by atoms with Crippen molar-refractivity contribution in [2.75, 3.05) is 500 Å². The lowest BCUT2D eigenvalue weighted by Crippen LogP contribution is -2.35. The summed E-state index contributed by atoms with van der Waals surface area (Å²) in [5, 5.41) is 5.51. The van der Waals surface area contributed by atoms with E-state index in [0.717, 1.165) is 27.3 Å². The fraction of sp³-hybridized carbons (Fsp3) is 0.790. The van der Waals surface area contributed by atoms with Gasteiger partial charge in [0.05, 0.1) is 488 Å². The van der Waals surface area contributed by atoms with Crippen molar-refractivity contribution in [1.29, 1.82) is 0 Å². The van der Waals surface area contributed by atoms with Gasteiger partial charge >= 0.3 is 0 Å². The van der Waals surface area contributed by atoms with Gasteiger partial charge in [0.1, 0.15) is 0 Å². The van der Waals surface area contributed by atoms with Gasteiger partial charge in [-0.1, -0.05) is 42.2 Å². The predicted molar refractivity (Wildman–Crippen MR) is 525 cm³/mol. The van der Waals surface area contributed by atoms with Crippen molar-refractivity contribution in [2.24, 2.45) is 0 Å². The number of carbonyl (C=O) groups excluding carboxylic acids is 5. The van der Waals surface area contributed by atoms with Gasteiger partial charge in [-0.15, -0.1) is 0 Å². The summed E-state index contributed by atoms with van der Waals surface area (Å²) < 4.78 is 199. The van der Waals surface area contributed by atoms with E-state index in [1.54, 1.807) is 4.90 Å². The number of anilines is 1. The number of nitrogens with one attached hydrogen (secondary N) is 2. The van der Waals surface area contributed by atoms with E-state index >= 15 is 0 Å². The summed E-state index contributed by atoms with van der Waals surface area (Å²) in [6.07, 6.45) is 2.77. The third kappa shape index (κ3) is 87.2. The van der Waals surface area contributed by atoms with Crippen LogP contribution in [-0.2, 0) is 201 Å². The smallest absolute Gasteiger partial charge is 0.253 e. The lowest BCUT2D eigenvalue weighted by atomic mass is 10.0. The van der Waals surface area contributed by atoms with Gasteiger partial charge in [0, 0.05) is 62.2 Å². The minimum atomic E-state index is -0.405. The van der Waals surface area contributed by atoms with Gasteiger partial charge in [0.15, 0.2) is 0 Å². The van der Waals surface area contributed by atoms with Crippen LogP contribution < -0.4 is 15.5 Å². The molecule has 0 unspecified atom stereocenters. The third-order valence-electron chi connectivity index (χ3n) is 19.4. The Kier molecular flexibility index (Phi) is 96.1. The molecule has 0 saturated carbocycles. The summed E-state index contributed by atoms with van der Waals surface area (Å²) in [5.74, 6) is 5.08. The summed E-state index contributed by atoms with van der Waals surface area (Å²) in [7, 11) is 0. The van der Waals surface area contributed by atoms with Gasteiger partial charge in [0.2, 0.25) is 17.7 Å². The number of ether oxygens (including phenoxy) is 36. The highest BCUT2D eigenvalue weighted by Gasteiger charge is 2.25. The Morgan fingerprint density at radius 3 is 0.641 bits per heavy atom. The van der Waals surface area contributed by atoms with E-state index in [1.807, 2.05) is 48.5 Å². The molecule has 2 aliphatic rings. The van der Waals surface area contributed by atoms with Crippen molar-refractivity contribution in [3.05, 3.63) is 77.4 Å². The minimum absolute atomic E-state index is 0.0409. The van der Waals surface area contributed by atoms with Crippen LogP contribution in [0.3, 0.4) is 0 Å². The molecule has 4 rings (SSSR count). The maximum atomic E-state index is 13.4. The molecule has 45 heteroatoms. The number of nitrogens with zero attached hydrogens (tertiary/aromatic N) is 2. The van der Waals surface area contributed by atoms with Crippen molar-refractivity contribution >= 4 is 35.2 Å². The number of imide groups is 1. The van der Waals surface area contributed by atoms with Crippen LogP contribution in [0.15, 0.2) is 60.7 Å². The first-order chi connectivity index (χ1) is 71.9. The lowest BCUT2D eigenvalue weighted by molar-refractivity contribution is -0.137. The predicted octanol–water partition coefficient (Wildman–Crippen LogP) is 1.86. The molecule has 45 nitrogen and oxygen atoms in total. The highest BCUT2D eigenvalue weighted by atomic mass is 16.6. The molecule has 836 valence electrons. The molecule has 2 N–H and O–H groups in total. The fourth-order valence-electron chi connectivity index (χ4n) is 11.9. The van der Waals surface area contributed by atoms with Gasteiger partial charge in [-0.05, 0) is 23.8 Å². The third-order valence-corrected chi connectivity index (χ3v) is 19.4. The summed E-state index contributed by atoms with van der Waals surface area (Å²) in [5.41, 5.74) is 3.43. The molecule has 2 aliphatic heterocycles. The van der Waals surface area contributed by atoms with E-state index in [9.17, 15) is 24.0 Å². The molecule has 0 saturated heterocycles. The maximum absolute atomic E-state index is 13.4. The van der Waals surface area contributed by atoms with Gasteiger partial charge in [-0.2, -0.15) is 0 Å². The first-order valence-corrected chi connectivity index (χ1v) is 50.8. The normalized spacial score (nSPS) is 12.4. The zero-order chi connectivity index (χ0) is 103. The number of rotatable bonds is 117. The van der Waals surface area contributed by atoms with E-state index in [-0.39, 0.29) is 56.7 Å². The SMILES string of the molecule is O=C(CCOCCOCCOCCOCCOCCOCCOCCOCCOCCOCCOCCOCCOCCOCCOCCOCCOCCOCCOCCOCCOCCOCCOCCOCCOCCOCCOCCOCCOCCOCCOCCOCCOCCOCCOCCOCCNC(=O)CCN1C(=O)C=CC1=O)NCCC(=O)N1Cc2ccccc2C#Cc2ccccc21. The highest BCUT2D eigenvalue weighted by molar-refractivity contribution is 6.13. The molecule has 0 aliphatic carbocycles. The molecule has 2 heterocycles. The van der Waals surface area contributed by atoms with E-state index in [0.29, 0.717) is 482 Å². The Balaban J connectivity index is 0.673. The molecule has 5 amide bonds. The zero-order valence-corrected chi connectivity index (χ0v) is 85.8. The summed E-state index contributed by atoms with van der Waals surface area (Å²) in [6, 6.07) is 15.4. The van der Waals surface area contributed by atoms with Crippen LogP contribution in [-0.4, -0.2) is 530 Å². The molecule has 0 radical (unpaired) electrons. The standard InChI is InChI=1S/C100H170N4O41/c105-96(14-18-103-98(107)11-12-99(103)108)102-17-20-111-22-24-113-26-28-115-30-32-117-34-36-119-38-40-121-42-44-123-46-48-125-50-52-127-54-56-129-58-60-131-62-64-133-66-68-135-70-72-137-74-76-139-78-80-141-82-84-143-86-88-145-90-89-144-87-85-142-83-81-140-79-77-138-75-73-136-71-69-134-67-65-132-63-61-130-59-57-128-55-53-126-51-49-124-47-45-122-43-41-120-39-37-118-35-33-116-31-29-114-27-25-112-23-21-110-19-15-97(106)101-16-13-100(109)104-91-94-7-2-1-5-92(94)9-10-93-6-3-4-8-95(93)104/h1-8,11-12H,13-91H2,(H,101,106)(H,102,105). The molecule has 2 aromatic carbocycles. The molecule has 0 aromatic heterocycles. The van der Waals surface area contributed by atoms with Gasteiger partial charge in [0.25, 0.3) is 11.8 Å². The number of amides is 5. The molecular formula is C100H170N4O41. The lowest BCUT2D eigenvalue weighted by Gasteiger charge is -2.26. The molecule has 145 heavy (non-hydrogen) atoms. The fourth-order valence-corrected chi connectivity index (χ4v) is 11.9.